The monoisotopic (exact) mass is 284 g/mol. The Kier molecular flexibility index (Phi) is 4.13. The topological polar surface area (TPSA) is 38.5 Å². The molecule has 2 aromatic carbocycles. The first-order chi connectivity index (χ1) is 10.2. The van der Waals surface area contributed by atoms with Gasteiger partial charge in [-0.25, -0.2) is 0 Å². The summed E-state index contributed by atoms with van der Waals surface area (Å²) in [4.78, 5) is 2.47. The number of fused-ring (bicyclic) bond motifs is 1. The molecule has 21 heavy (non-hydrogen) atoms. The average Bonchev–Trinajstić information content (AvgIpc) is 2.50. The Morgan fingerprint density at radius 2 is 1.95 bits per heavy atom. The van der Waals surface area contributed by atoms with Crippen molar-refractivity contribution in [3.63, 3.8) is 0 Å². The van der Waals surface area contributed by atoms with E-state index in [2.05, 4.69) is 42.2 Å². The molecule has 3 heteroatoms. The molecule has 3 rings (SSSR count). The fraction of sp³-hybridized carbons (Fsp3) is 0.444. The molecule has 0 spiro atoms. The van der Waals surface area contributed by atoms with Crippen molar-refractivity contribution in [3.8, 4) is 5.75 Å². The summed E-state index contributed by atoms with van der Waals surface area (Å²) in [5.41, 5.74) is 7.55. The molecule has 112 valence electrons. The Hall–Kier alpha value is -1.58. The molecule has 0 bridgehead atoms. The van der Waals surface area contributed by atoms with E-state index in [0.29, 0.717) is 12.0 Å². The van der Waals surface area contributed by atoms with Crippen LogP contribution in [0.1, 0.15) is 18.9 Å². The molecular weight excluding hydrogens is 260 g/mol. The van der Waals surface area contributed by atoms with Crippen molar-refractivity contribution in [2.24, 2.45) is 11.7 Å². The van der Waals surface area contributed by atoms with Crippen molar-refractivity contribution in [1.29, 1.82) is 0 Å². The zero-order chi connectivity index (χ0) is 14.8. The van der Waals surface area contributed by atoms with Crippen LogP contribution < -0.4 is 10.5 Å². The number of hydrogen-bond donors (Lipinski definition) is 1. The predicted molar refractivity (Wildman–Crippen MR) is 87.5 cm³/mol. The zero-order valence-electron chi connectivity index (χ0n) is 12.9. The number of rotatable bonds is 3. The van der Waals surface area contributed by atoms with E-state index < -0.39 is 0 Å². The average molecular weight is 284 g/mol. The van der Waals surface area contributed by atoms with Gasteiger partial charge >= 0.3 is 0 Å². The molecule has 2 unspecified atom stereocenters. The third-order valence-electron chi connectivity index (χ3n) is 4.62. The maximum atomic E-state index is 6.19. The van der Waals surface area contributed by atoms with Crippen molar-refractivity contribution in [1.82, 2.24) is 4.90 Å². The lowest BCUT2D eigenvalue weighted by atomic mass is 9.94. The van der Waals surface area contributed by atoms with E-state index in [1.54, 1.807) is 7.11 Å². The van der Waals surface area contributed by atoms with Crippen molar-refractivity contribution >= 4 is 10.8 Å². The summed E-state index contributed by atoms with van der Waals surface area (Å²) >= 11 is 0. The van der Waals surface area contributed by atoms with Crippen LogP contribution >= 0.6 is 0 Å². The van der Waals surface area contributed by atoms with E-state index in [4.69, 9.17) is 10.5 Å². The molecule has 1 aliphatic heterocycles. The highest BCUT2D eigenvalue weighted by molar-refractivity contribution is 5.84. The van der Waals surface area contributed by atoms with E-state index in [1.807, 2.05) is 6.07 Å². The predicted octanol–water partition coefficient (Wildman–Crippen LogP) is 3.02. The molecule has 1 saturated heterocycles. The van der Waals surface area contributed by atoms with Gasteiger partial charge in [-0.3, -0.25) is 4.90 Å². The Bertz CT molecular complexity index is 626. The molecule has 2 N–H and O–H groups in total. The Morgan fingerprint density at radius 1 is 1.19 bits per heavy atom. The molecule has 1 aliphatic rings. The summed E-state index contributed by atoms with van der Waals surface area (Å²) in [7, 11) is 1.70. The van der Waals surface area contributed by atoms with Crippen LogP contribution in [0.2, 0.25) is 0 Å². The fourth-order valence-electron chi connectivity index (χ4n) is 3.07. The number of ether oxygens (including phenoxy) is 1. The Balaban J connectivity index is 1.75. The Labute approximate surface area is 126 Å². The summed E-state index contributed by atoms with van der Waals surface area (Å²) in [5.74, 6) is 1.55. The van der Waals surface area contributed by atoms with Crippen LogP contribution in [0, 0.1) is 5.92 Å². The van der Waals surface area contributed by atoms with Gasteiger partial charge in [0, 0.05) is 19.1 Å². The molecule has 0 radical (unpaired) electrons. The number of methoxy groups -OCH3 is 1. The number of benzene rings is 2. The maximum absolute atomic E-state index is 6.19. The minimum absolute atomic E-state index is 0.309. The van der Waals surface area contributed by atoms with Gasteiger partial charge in [0.2, 0.25) is 0 Å². The van der Waals surface area contributed by atoms with Crippen molar-refractivity contribution in [2.75, 3.05) is 20.2 Å². The van der Waals surface area contributed by atoms with Crippen molar-refractivity contribution in [3.05, 3.63) is 42.0 Å². The summed E-state index contributed by atoms with van der Waals surface area (Å²) < 4.78 is 5.27. The highest BCUT2D eigenvalue weighted by atomic mass is 16.5. The van der Waals surface area contributed by atoms with Crippen molar-refractivity contribution in [2.45, 2.75) is 25.9 Å². The molecule has 2 atom stereocenters. The molecule has 1 fully saturated rings. The first kappa shape index (κ1) is 14.4. The molecule has 3 nitrogen and oxygen atoms in total. The zero-order valence-corrected chi connectivity index (χ0v) is 12.9. The molecule has 1 heterocycles. The van der Waals surface area contributed by atoms with Gasteiger partial charge in [-0.2, -0.15) is 0 Å². The first-order valence-electron chi connectivity index (χ1n) is 7.70. The lowest BCUT2D eigenvalue weighted by molar-refractivity contribution is 0.162. The molecule has 0 amide bonds. The van der Waals surface area contributed by atoms with E-state index in [9.17, 15) is 0 Å². The highest BCUT2D eigenvalue weighted by Crippen LogP contribution is 2.23. The van der Waals surface area contributed by atoms with Gasteiger partial charge in [0.25, 0.3) is 0 Å². The summed E-state index contributed by atoms with van der Waals surface area (Å²) in [6.45, 7) is 5.39. The third kappa shape index (κ3) is 3.20. The molecule has 0 aromatic heterocycles. The minimum atomic E-state index is 0.309. The van der Waals surface area contributed by atoms with Crippen LogP contribution in [-0.2, 0) is 6.54 Å². The normalized spacial score (nSPS) is 23.4. The second-order valence-corrected chi connectivity index (χ2v) is 6.21. The smallest absolute Gasteiger partial charge is 0.119 e. The van der Waals surface area contributed by atoms with E-state index in [-0.39, 0.29) is 0 Å². The molecule has 0 aliphatic carbocycles. The van der Waals surface area contributed by atoms with Gasteiger partial charge in [-0.05, 0) is 53.4 Å². The van der Waals surface area contributed by atoms with E-state index in [1.165, 1.54) is 22.8 Å². The summed E-state index contributed by atoms with van der Waals surface area (Å²) in [6.07, 6.45) is 1.20. The van der Waals surface area contributed by atoms with Gasteiger partial charge in [0.15, 0.2) is 0 Å². The molecule has 0 saturated carbocycles. The molecular formula is C18H24N2O. The number of likely N-dealkylation sites (tertiary alicyclic amines) is 1. The van der Waals surface area contributed by atoms with Crippen LogP contribution in [0.5, 0.6) is 5.75 Å². The lowest BCUT2D eigenvalue weighted by Crippen LogP contribution is -2.47. The van der Waals surface area contributed by atoms with E-state index >= 15 is 0 Å². The number of nitrogens with two attached hydrogens (primary N) is 1. The maximum Gasteiger partial charge on any atom is 0.119 e. The summed E-state index contributed by atoms with van der Waals surface area (Å²) in [5, 5.41) is 2.49. The van der Waals surface area contributed by atoms with Gasteiger partial charge in [0.05, 0.1) is 7.11 Å². The van der Waals surface area contributed by atoms with Gasteiger partial charge in [-0.15, -0.1) is 0 Å². The van der Waals surface area contributed by atoms with Crippen molar-refractivity contribution < 1.29 is 4.74 Å². The van der Waals surface area contributed by atoms with Gasteiger partial charge in [-0.1, -0.05) is 25.1 Å². The van der Waals surface area contributed by atoms with Gasteiger partial charge in [0.1, 0.15) is 5.75 Å². The lowest BCUT2D eigenvalue weighted by Gasteiger charge is -2.35. The first-order valence-corrected chi connectivity index (χ1v) is 7.70. The fourth-order valence-corrected chi connectivity index (χ4v) is 3.07. The quantitative estimate of drug-likeness (QED) is 0.941. The Morgan fingerprint density at radius 3 is 2.71 bits per heavy atom. The highest BCUT2D eigenvalue weighted by Gasteiger charge is 2.22. The van der Waals surface area contributed by atoms with Crippen LogP contribution in [0.4, 0.5) is 0 Å². The number of hydrogen-bond acceptors (Lipinski definition) is 3. The second kappa shape index (κ2) is 6.04. The van der Waals surface area contributed by atoms with Gasteiger partial charge < -0.3 is 10.5 Å². The van der Waals surface area contributed by atoms with E-state index in [0.717, 1.165) is 25.4 Å². The molecule has 2 aromatic rings. The second-order valence-electron chi connectivity index (χ2n) is 6.21. The largest absolute Gasteiger partial charge is 0.497 e. The summed E-state index contributed by atoms with van der Waals surface area (Å²) in [6, 6.07) is 13.2. The van der Waals surface area contributed by atoms with Crippen LogP contribution in [-0.4, -0.2) is 31.1 Å². The number of nitrogens with zero attached hydrogens (tertiary/aromatic N) is 1. The minimum Gasteiger partial charge on any atom is -0.497 e. The van der Waals surface area contributed by atoms with Crippen LogP contribution in [0.25, 0.3) is 10.8 Å². The standard InChI is InChI=1S/C18H24N2O/c1-13-7-8-20(12-18(13)19)11-14-3-4-16-10-17(21-2)6-5-15(16)9-14/h3-6,9-10,13,18H,7-8,11-12,19H2,1-2H3. The van der Waals surface area contributed by atoms with Crippen LogP contribution in [0.3, 0.4) is 0 Å². The third-order valence-corrected chi connectivity index (χ3v) is 4.62. The van der Waals surface area contributed by atoms with Crippen LogP contribution in [0.15, 0.2) is 36.4 Å². The number of piperidine rings is 1. The SMILES string of the molecule is COc1ccc2cc(CN3CCC(C)C(N)C3)ccc2c1.